The second kappa shape index (κ2) is 14.8. The van der Waals surface area contributed by atoms with Gasteiger partial charge in [0.2, 0.25) is 0 Å². The van der Waals surface area contributed by atoms with Crippen molar-refractivity contribution in [2.24, 2.45) is 0 Å². The van der Waals surface area contributed by atoms with Crippen molar-refractivity contribution in [2.45, 2.75) is 127 Å². The molecule has 0 aliphatic carbocycles. The van der Waals surface area contributed by atoms with Crippen molar-refractivity contribution in [1.29, 1.82) is 0 Å². The third-order valence-corrected chi connectivity index (χ3v) is 8.61. The summed E-state index contributed by atoms with van der Waals surface area (Å²) in [5, 5.41) is 12.7. The van der Waals surface area contributed by atoms with Crippen LogP contribution in [0.1, 0.15) is 59.0 Å². The average molecular weight is 672 g/mol. The van der Waals surface area contributed by atoms with Crippen molar-refractivity contribution in [2.75, 3.05) is 19.8 Å². The Morgan fingerprint density at radius 1 is 0.854 bits per heavy atom. The van der Waals surface area contributed by atoms with E-state index in [4.69, 9.17) is 47.4 Å². The number of ether oxygens (including phenoxy) is 10. The van der Waals surface area contributed by atoms with Crippen LogP contribution in [-0.2, 0) is 58.8 Å². The highest BCUT2D eigenvalue weighted by Crippen LogP contribution is 2.39. The molecule has 4 aliphatic heterocycles. The predicted octanol–water partition coefficient (Wildman–Crippen LogP) is 3.19. The Hall–Kier alpha value is -2.49. The van der Waals surface area contributed by atoms with Gasteiger partial charge in [-0.1, -0.05) is 60.7 Å². The van der Waals surface area contributed by atoms with Gasteiger partial charge in [-0.05, 0) is 47.1 Å². The third kappa shape index (κ3) is 8.44. The molecule has 4 aliphatic rings. The maximum absolute atomic E-state index is 12.9. The summed E-state index contributed by atoms with van der Waals surface area (Å²) < 4.78 is 61.9. The number of hydrogen-bond donors (Lipinski definition) is 0. The number of carbonyl (C=O) groups is 1. The molecule has 0 bridgehead atoms. The molecule has 2 aromatic rings. The van der Waals surface area contributed by atoms with Gasteiger partial charge in [0, 0.05) is 11.9 Å². The zero-order chi connectivity index (χ0) is 34.1. The summed E-state index contributed by atoms with van der Waals surface area (Å²) in [6.45, 7) is 10.8. The van der Waals surface area contributed by atoms with E-state index in [0.29, 0.717) is 0 Å². The largest absolute Gasteiger partial charge is 0.829 e. The van der Waals surface area contributed by atoms with Crippen LogP contribution < -0.4 is 5.11 Å². The van der Waals surface area contributed by atoms with Crippen molar-refractivity contribution in [1.82, 2.24) is 0 Å². The number of rotatable bonds is 10. The molecule has 12 nitrogen and oxygen atoms in total. The van der Waals surface area contributed by atoms with Gasteiger partial charge in [0.05, 0.1) is 25.9 Å². The summed E-state index contributed by atoms with van der Waals surface area (Å²) >= 11 is 0. The maximum atomic E-state index is 12.9. The molecule has 4 heterocycles. The predicted molar refractivity (Wildman–Crippen MR) is 167 cm³/mol. The van der Waals surface area contributed by atoms with Gasteiger partial charge in [-0.25, -0.2) is 4.79 Å². The zero-order valence-electron chi connectivity index (χ0n) is 28.4. The van der Waals surface area contributed by atoms with E-state index in [9.17, 15) is 9.90 Å². The highest BCUT2D eigenvalue weighted by molar-refractivity contribution is 5.71. The van der Waals surface area contributed by atoms with Gasteiger partial charge in [0.25, 0.3) is 0 Å². The molecule has 0 saturated carbocycles. The Bertz CT molecular complexity index is 1330. The van der Waals surface area contributed by atoms with Crippen LogP contribution in [0.3, 0.4) is 0 Å². The molecule has 6 rings (SSSR count). The molecule has 0 amide bonds. The molecule has 2 aromatic carbocycles. The first-order valence-corrected chi connectivity index (χ1v) is 16.6. The lowest BCUT2D eigenvalue weighted by Crippen LogP contribution is -2.65. The smallest absolute Gasteiger partial charge is 0.332 e. The zero-order valence-corrected chi connectivity index (χ0v) is 28.4. The summed E-state index contributed by atoms with van der Waals surface area (Å²) in [5.74, 6) is -1.50. The Kier molecular flexibility index (Phi) is 10.9. The van der Waals surface area contributed by atoms with E-state index in [-0.39, 0.29) is 26.4 Å². The van der Waals surface area contributed by atoms with E-state index in [2.05, 4.69) is 0 Å². The van der Waals surface area contributed by atoms with Crippen LogP contribution in [0.15, 0.2) is 60.7 Å². The fourth-order valence-electron chi connectivity index (χ4n) is 6.62. The van der Waals surface area contributed by atoms with Crippen LogP contribution in [0.5, 0.6) is 0 Å². The quantitative estimate of drug-likeness (QED) is 0.344. The fourth-order valence-corrected chi connectivity index (χ4v) is 6.62. The summed E-state index contributed by atoms with van der Waals surface area (Å²) in [4.78, 5) is 12.9. The number of fused-ring (bicyclic) bond motifs is 2. The van der Waals surface area contributed by atoms with Crippen LogP contribution in [0.4, 0.5) is 0 Å². The molecular formula is C36H47O12-. The minimum Gasteiger partial charge on any atom is -0.829 e. The number of esters is 1. The van der Waals surface area contributed by atoms with Crippen LogP contribution >= 0.6 is 0 Å². The standard InChI is InChI=1S/C36H47O12/c1-21-27(31-32(33(38)43-21)48-36(5,6)47-31)40-18-24-28(41-20-26(37)46-35(2,3)4)30(39-17-22-13-9-7-10-14-22)29-25(44-24)19-42-34(45-29)23-15-11-8-12-16-23/h7-16,21,24-25,27-34H,17-20H2,1-6H3/q-1/t21-,24-,25+,27-,28+,29+,30+,31+,32+,33+,34?/m0/s1. The van der Waals surface area contributed by atoms with Gasteiger partial charge in [-0.3, -0.25) is 0 Å². The Morgan fingerprint density at radius 2 is 1.54 bits per heavy atom. The normalized spacial score (nSPS) is 36.2. The summed E-state index contributed by atoms with van der Waals surface area (Å²) in [6, 6.07) is 19.4. The van der Waals surface area contributed by atoms with E-state index < -0.39 is 84.9 Å². The van der Waals surface area contributed by atoms with E-state index in [0.717, 1.165) is 11.1 Å². The molecule has 264 valence electrons. The lowest BCUT2D eigenvalue weighted by atomic mass is 9.93. The van der Waals surface area contributed by atoms with Gasteiger partial charge in [-0.2, -0.15) is 0 Å². The second-order valence-electron chi connectivity index (χ2n) is 14.1. The van der Waals surface area contributed by atoms with Crippen LogP contribution in [0.25, 0.3) is 0 Å². The van der Waals surface area contributed by atoms with Gasteiger partial charge in [0.1, 0.15) is 61.0 Å². The second-order valence-corrected chi connectivity index (χ2v) is 14.1. The first-order valence-electron chi connectivity index (χ1n) is 16.6. The van der Waals surface area contributed by atoms with Gasteiger partial charge in [-0.15, -0.1) is 0 Å². The van der Waals surface area contributed by atoms with Crippen molar-refractivity contribution in [3.05, 3.63) is 71.8 Å². The molecule has 0 radical (unpaired) electrons. The summed E-state index contributed by atoms with van der Waals surface area (Å²) in [5.41, 5.74) is 1.11. The SMILES string of the molecule is C[C@@H]1O[C@@H]([O-])[C@@H]2OC(C)(C)O[C@@H]2[C@H]1OC[C@@H]1O[C@@H]2COC(c3ccccc3)O[C@H]2[C@H](OCc2ccccc2)[C@@H]1OCC(=O)OC(C)(C)C. The molecular weight excluding hydrogens is 624 g/mol. The van der Waals surface area contributed by atoms with Crippen molar-refractivity contribution in [3.63, 3.8) is 0 Å². The molecule has 0 N–H and O–H groups in total. The topological polar surface area (TPSA) is 132 Å². The van der Waals surface area contributed by atoms with Crippen molar-refractivity contribution >= 4 is 5.97 Å². The van der Waals surface area contributed by atoms with Gasteiger partial charge < -0.3 is 52.5 Å². The maximum Gasteiger partial charge on any atom is 0.332 e. The highest BCUT2D eigenvalue weighted by Gasteiger charge is 2.54. The summed E-state index contributed by atoms with van der Waals surface area (Å²) in [7, 11) is 0. The first kappa shape index (κ1) is 35.3. The van der Waals surface area contributed by atoms with E-state index in [1.54, 1.807) is 41.5 Å². The molecule has 0 spiro atoms. The summed E-state index contributed by atoms with van der Waals surface area (Å²) in [6.07, 6.45) is -8.17. The van der Waals surface area contributed by atoms with E-state index >= 15 is 0 Å². The molecule has 12 heteroatoms. The molecule has 4 saturated heterocycles. The minimum absolute atomic E-state index is 0.00438. The van der Waals surface area contributed by atoms with E-state index in [1.165, 1.54) is 0 Å². The molecule has 48 heavy (non-hydrogen) atoms. The monoisotopic (exact) mass is 671 g/mol. The number of hydrogen-bond acceptors (Lipinski definition) is 12. The molecule has 1 unspecified atom stereocenters. The van der Waals surface area contributed by atoms with Gasteiger partial charge in [0.15, 0.2) is 12.1 Å². The Balaban J connectivity index is 1.26. The Morgan fingerprint density at radius 3 is 2.25 bits per heavy atom. The fraction of sp³-hybridized carbons (Fsp3) is 0.639. The minimum atomic E-state index is -1.41. The lowest BCUT2D eigenvalue weighted by Gasteiger charge is -2.50. The van der Waals surface area contributed by atoms with Crippen LogP contribution in [0.2, 0.25) is 0 Å². The van der Waals surface area contributed by atoms with Crippen molar-refractivity contribution < 1.29 is 57.3 Å². The van der Waals surface area contributed by atoms with Crippen LogP contribution in [-0.4, -0.2) is 98.4 Å². The highest BCUT2D eigenvalue weighted by atomic mass is 16.8. The number of benzene rings is 2. The van der Waals surface area contributed by atoms with Gasteiger partial charge >= 0.3 is 5.97 Å². The average Bonchev–Trinajstić information content (AvgIpc) is 3.38. The van der Waals surface area contributed by atoms with E-state index in [1.807, 2.05) is 60.7 Å². The number of carbonyl (C=O) groups excluding carboxylic acids is 1. The van der Waals surface area contributed by atoms with Crippen LogP contribution in [0, 0.1) is 0 Å². The molecule has 4 fully saturated rings. The lowest BCUT2D eigenvalue weighted by molar-refractivity contribution is -0.527. The first-order chi connectivity index (χ1) is 22.9. The molecule has 0 aromatic heterocycles. The molecule has 11 atom stereocenters. The third-order valence-electron chi connectivity index (χ3n) is 8.61. The Labute approximate surface area is 281 Å². The van der Waals surface area contributed by atoms with Crippen molar-refractivity contribution in [3.8, 4) is 0 Å².